The zero-order valence-corrected chi connectivity index (χ0v) is 8.63. The minimum absolute atomic E-state index is 0.0636. The van der Waals surface area contributed by atoms with Crippen molar-refractivity contribution in [3.8, 4) is 0 Å². The molecule has 0 aromatic carbocycles. The van der Waals surface area contributed by atoms with Crippen LogP contribution >= 0.6 is 0 Å². The van der Waals surface area contributed by atoms with E-state index in [9.17, 15) is 9.59 Å². The number of Topliss-reactive ketones (excluding diaryl/α,β-unsaturated/α-hetero) is 1. The lowest BCUT2D eigenvalue weighted by molar-refractivity contribution is -0.152. The van der Waals surface area contributed by atoms with Gasteiger partial charge in [-0.1, -0.05) is 19.8 Å². The van der Waals surface area contributed by atoms with Crippen molar-refractivity contribution in [1.82, 2.24) is 0 Å². The fourth-order valence-corrected chi connectivity index (χ4v) is 1.13. The molecule has 0 fully saturated rings. The number of carbonyl (C=O) groups excluding carboxylic acids is 2. The second-order valence-electron chi connectivity index (χ2n) is 3.20. The summed E-state index contributed by atoms with van der Waals surface area (Å²) in [5, 5.41) is 0. The molecule has 0 saturated heterocycles. The number of ether oxygens (including phenoxy) is 1. The number of carbonyl (C=O) groups is 2. The maximum absolute atomic E-state index is 11.0. The second kappa shape index (κ2) is 6.63. The van der Waals surface area contributed by atoms with Crippen molar-refractivity contribution in [1.29, 1.82) is 0 Å². The van der Waals surface area contributed by atoms with Crippen LogP contribution in [0.15, 0.2) is 0 Å². The Bertz CT molecular complexity index is 175. The van der Waals surface area contributed by atoms with Gasteiger partial charge in [0, 0.05) is 6.92 Å². The minimum atomic E-state index is -0.524. The fraction of sp³-hybridized carbons (Fsp3) is 0.800. The molecule has 76 valence electrons. The minimum Gasteiger partial charge on any atom is -0.455 e. The molecular weight excluding hydrogens is 168 g/mol. The van der Waals surface area contributed by atoms with Gasteiger partial charge in [-0.2, -0.15) is 0 Å². The Labute approximate surface area is 79.5 Å². The van der Waals surface area contributed by atoms with Crippen molar-refractivity contribution in [2.45, 2.75) is 52.6 Å². The molecule has 0 N–H and O–H groups in total. The molecule has 0 radical (unpaired) electrons. The van der Waals surface area contributed by atoms with Crippen LogP contribution < -0.4 is 0 Å². The van der Waals surface area contributed by atoms with Gasteiger partial charge in [-0.25, -0.2) is 0 Å². The number of rotatable bonds is 6. The van der Waals surface area contributed by atoms with Gasteiger partial charge < -0.3 is 4.74 Å². The Balaban J connectivity index is 3.81. The highest BCUT2D eigenvalue weighted by molar-refractivity contribution is 5.82. The van der Waals surface area contributed by atoms with Gasteiger partial charge in [0.1, 0.15) is 0 Å². The van der Waals surface area contributed by atoms with E-state index in [2.05, 4.69) is 6.92 Å². The van der Waals surface area contributed by atoms with E-state index >= 15 is 0 Å². The summed E-state index contributed by atoms with van der Waals surface area (Å²) in [6.07, 6.45) is 3.25. The van der Waals surface area contributed by atoms with Gasteiger partial charge in [-0.05, 0) is 19.8 Å². The van der Waals surface area contributed by atoms with Gasteiger partial charge in [-0.15, -0.1) is 0 Å². The maximum Gasteiger partial charge on any atom is 0.303 e. The number of hydrogen-bond donors (Lipinski definition) is 0. The Morgan fingerprint density at radius 1 is 1.23 bits per heavy atom. The van der Waals surface area contributed by atoms with E-state index in [1.165, 1.54) is 13.8 Å². The van der Waals surface area contributed by atoms with Crippen LogP contribution in [0.2, 0.25) is 0 Å². The molecule has 0 aliphatic carbocycles. The highest BCUT2D eigenvalue weighted by atomic mass is 16.5. The first kappa shape index (κ1) is 12.1. The molecular formula is C10H18O3. The second-order valence-corrected chi connectivity index (χ2v) is 3.20. The normalized spacial score (nSPS) is 12.2. The van der Waals surface area contributed by atoms with Crippen molar-refractivity contribution >= 4 is 11.8 Å². The number of ketones is 1. The molecule has 0 heterocycles. The van der Waals surface area contributed by atoms with Crippen molar-refractivity contribution in [2.75, 3.05) is 0 Å². The molecule has 3 nitrogen and oxygen atoms in total. The van der Waals surface area contributed by atoms with Gasteiger partial charge in [0.25, 0.3) is 0 Å². The fourth-order valence-electron chi connectivity index (χ4n) is 1.13. The first-order valence-electron chi connectivity index (χ1n) is 4.75. The van der Waals surface area contributed by atoms with Gasteiger partial charge in [0.2, 0.25) is 0 Å². The molecule has 0 unspecified atom stereocenters. The lowest BCUT2D eigenvalue weighted by Crippen LogP contribution is -2.23. The Kier molecular flexibility index (Phi) is 6.20. The average Bonchev–Trinajstić information content (AvgIpc) is 2.02. The molecule has 0 aliphatic heterocycles. The molecule has 0 saturated carbocycles. The van der Waals surface area contributed by atoms with Gasteiger partial charge in [0.05, 0.1) is 0 Å². The first-order chi connectivity index (χ1) is 6.07. The standard InChI is InChI=1S/C10H18O3/c1-4-5-6-7-10(8(2)11)13-9(3)12/h10H,4-7H2,1-3H3/t10-/m0/s1. The molecule has 0 spiro atoms. The predicted octanol–water partition coefficient (Wildman–Crippen LogP) is 2.09. The smallest absolute Gasteiger partial charge is 0.303 e. The van der Waals surface area contributed by atoms with Crippen LogP contribution in [0.5, 0.6) is 0 Å². The van der Waals surface area contributed by atoms with Crippen molar-refractivity contribution in [3.63, 3.8) is 0 Å². The summed E-state index contributed by atoms with van der Waals surface area (Å²) in [6.45, 7) is 4.88. The third-order valence-corrected chi connectivity index (χ3v) is 1.83. The molecule has 0 aromatic rings. The van der Waals surface area contributed by atoms with Crippen LogP contribution in [0, 0.1) is 0 Å². The molecule has 3 heteroatoms. The summed E-state index contributed by atoms with van der Waals surface area (Å²) in [6, 6.07) is 0. The quantitative estimate of drug-likeness (QED) is 0.471. The van der Waals surface area contributed by atoms with E-state index in [4.69, 9.17) is 4.74 Å². The maximum atomic E-state index is 11.0. The van der Waals surface area contributed by atoms with E-state index in [-0.39, 0.29) is 11.8 Å². The average molecular weight is 186 g/mol. The van der Waals surface area contributed by atoms with Gasteiger partial charge >= 0.3 is 5.97 Å². The van der Waals surface area contributed by atoms with E-state index < -0.39 is 6.10 Å². The third-order valence-electron chi connectivity index (χ3n) is 1.83. The van der Waals surface area contributed by atoms with Crippen LogP contribution in [0.3, 0.4) is 0 Å². The topological polar surface area (TPSA) is 43.4 Å². The third kappa shape index (κ3) is 6.31. The van der Waals surface area contributed by atoms with E-state index in [0.29, 0.717) is 6.42 Å². The van der Waals surface area contributed by atoms with Crippen LogP contribution in [0.4, 0.5) is 0 Å². The molecule has 0 bridgehead atoms. The number of esters is 1. The molecule has 1 atom stereocenters. The van der Waals surface area contributed by atoms with E-state index in [1.54, 1.807) is 0 Å². The largest absolute Gasteiger partial charge is 0.455 e. The van der Waals surface area contributed by atoms with Crippen molar-refractivity contribution < 1.29 is 14.3 Å². The van der Waals surface area contributed by atoms with Crippen LogP contribution in [0.1, 0.15) is 46.5 Å². The zero-order chi connectivity index (χ0) is 10.3. The summed E-state index contributed by atoms with van der Waals surface area (Å²) >= 11 is 0. The van der Waals surface area contributed by atoms with Crippen LogP contribution in [-0.4, -0.2) is 17.9 Å². The highest BCUT2D eigenvalue weighted by Gasteiger charge is 2.16. The summed E-state index contributed by atoms with van der Waals surface area (Å²) in [5.74, 6) is -0.442. The van der Waals surface area contributed by atoms with Crippen LogP contribution in [0.25, 0.3) is 0 Å². The Morgan fingerprint density at radius 3 is 2.23 bits per heavy atom. The number of unbranched alkanes of at least 4 members (excludes halogenated alkanes) is 2. The molecule has 0 aliphatic rings. The summed E-state index contributed by atoms with van der Waals surface area (Å²) in [5.41, 5.74) is 0. The predicted molar refractivity (Wildman–Crippen MR) is 50.4 cm³/mol. The monoisotopic (exact) mass is 186 g/mol. The van der Waals surface area contributed by atoms with Gasteiger partial charge in [-0.3, -0.25) is 9.59 Å². The zero-order valence-electron chi connectivity index (χ0n) is 8.63. The highest BCUT2D eigenvalue weighted by Crippen LogP contribution is 2.07. The Hall–Kier alpha value is -0.860. The first-order valence-corrected chi connectivity index (χ1v) is 4.75. The molecule has 0 rings (SSSR count). The van der Waals surface area contributed by atoms with E-state index in [1.807, 2.05) is 0 Å². The summed E-state index contributed by atoms with van der Waals surface area (Å²) in [4.78, 5) is 21.6. The number of hydrogen-bond acceptors (Lipinski definition) is 3. The van der Waals surface area contributed by atoms with Crippen molar-refractivity contribution in [3.05, 3.63) is 0 Å². The lowest BCUT2D eigenvalue weighted by atomic mass is 10.1. The lowest BCUT2D eigenvalue weighted by Gasteiger charge is -2.12. The Morgan fingerprint density at radius 2 is 1.85 bits per heavy atom. The van der Waals surface area contributed by atoms with Crippen LogP contribution in [-0.2, 0) is 14.3 Å². The van der Waals surface area contributed by atoms with Gasteiger partial charge in [0.15, 0.2) is 11.9 Å². The van der Waals surface area contributed by atoms with E-state index in [0.717, 1.165) is 19.3 Å². The molecule has 0 amide bonds. The SMILES string of the molecule is CCCCC[C@H](OC(C)=O)C(C)=O. The summed E-state index contributed by atoms with van der Waals surface area (Å²) < 4.78 is 4.87. The summed E-state index contributed by atoms with van der Waals surface area (Å²) in [7, 11) is 0. The van der Waals surface area contributed by atoms with Crippen molar-refractivity contribution in [2.24, 2.45) is 0 Å². The molecule has 0 aromatic heterocycles. The molecule has 13 heavy (non-hydrogen) atoms.